The molecule has 1 saturated carbocycles. The lowest BCUT2D eigenvalue weighted by Gasteiger charge is -2.36. The quantitative estimate of drug-likeness (QED) is 0.436. The largest absolute Gasteiger partial charge is 0.459 e. The van der Waals surface area contributed by atoms with Crippen LogP contribution in [0, 0.1) is 0 Å². The van der Waals surface area contributed by atoms with Gasteiger partial charge in [-0.25, -0.2) is 0 Å². The number of aromatic nitrogens is 1. The monoisotopic (exact) mass is 481 g/mol. The molecule has 0 bridgehead atoms. The van der Waals surface area contributed by atoms with Crippen molar-refractivity contribution in [2.24, 2.45) is 0 Å². The molecule has 0 spiro atoms. The molecule has 0 radical (unpaired) electrons. The van der Waals surface area contributed by atoms with E-state index >= 15 is 0 Å². The van der Waals surface area contributed by atoms with Crippen LogP contribution < -0.4 is 5.32 Å². The maximum atomic E-state index is 6.43. The molecule has 1 aromatic carbocycles. The highest BCUT2D eigenvalue weighted by molar-refractivity contribution is 9.10. The minimum atomic E-state index is -0.0236. The summed E-state index contributed by atoms with van der Waals surface area (Å²) in [6.45, 7) is 0. The van der Waals surface area contributed by atoms with E-state index in [2.05, 4.69) is 61.5 Å². The highest BCUT2D eigenvalue weighted by Gasteiger charge is 2.44. The Labute approximate surface area is 190 Å². The number of nitrogens with zero attached hydrogens (tertiary/aromatic N) is 2. The normalized spacial score (nSPS) is 22.3. The molecule has 2 fully saturated rings. The molecule has 0 amide bonds. The van der Waals surface area contributed by atoms with Crippen LogP contribution in [0.5, 0.6) is 0 Å². The summed E-state index contributed by atoms with van der Waals surface area (Å²) >= 11 is 9.33. The van der Waals surface area contributed by atoms with E-state index in [0.717, 1.165) is 32.4 Å². The van der Waals surface area contributed by atoms with Crippen molar-refractivity contribution in [2.45, 2.75) is 50.2 Å². The second kappa shape index (κ2) is 8.52. The molecular weight excluding hydrogens is 458 g/mol. The highest BCUT2D eigenvalue weighted by atomic mass is 79.9. The van der Waals surface area contributed by atoms with Gasteiger partial charge in [0.05, 0.1) is 11.7 Å². The number of rotatable bonds is 4. The molecule has 2 unspecified atom stereocenters. The molecule has 3 heterocycles. The first-order chi connectivity index (χ1) is 14.7. The Morgan fingerprint density at radius 1 is 1.00 bits per heavy atom. The first-order valence-electron chi connectivity index (χ1n) is 10.6. The molecule has 2 aliphatic rings. The van der Waals surface area contributed by atoms with E-state index in [0.29, 0.717) is 6.04 Å². The van der Waals surface area contributed by atoms with Crippen LogP contribution in [0.1, 0.15) is 55.6 Å². The lowest BCUT2D eigenvalue weighted by molar-refractivity contribution is 0.179. The van der Waals surface area contributed by atoms with Gasteiger partial charge < -0.3 is 14.6 Å². The molecule has 2 atom stereocenters. The number of hydrogen-bond acceptors (Lipinski definition) is 3. The zero-order valence-corrected chi connectivity index (χ0v) is 19.0. The standard InChI is InChI=1S/C24H24BrN3OS/c25-17-11-9-16(10-12-17)20-13-14-21(29-20)23-22(19-8-4-5-15-26-19)27-24(30)28(23)18-6-2-1-3-7-18/h4-5,8-15,18,22-23H,1-3,6-7H2,(H,27,30). The van der Waals surface area contributed by atoms with Gasteiger partial charge in [-0.3, -0.25) is 4.98 Å². The van der Waals surface area contributed by atoms with Crippen LogP contribution >= 0.6 is 28.1 Å². The SMILES string of the molecule is S=C1NC(c2ccccn2)C(c2ccc(-c3ccc(Br)cc3)o2)N1C1CCCCC1. The molecule has 1 saturated heterocycles. The van der Waals surface area contributed by atoms with Crippen molar-refractivity contribution in [3.63, 3.8) is 0 Å². The van der Waals surface area contributed by atoms with E-state index in [-0.39, 0.29) is 12.1 Å². The molecule has 1 aliphatic carbocycles. The molecular formula is C24H24BrN3OS. The van der Waals surface area contributed by atoms with Crippen molar-refractivity contribution in [2.75, 3.05) is 0 Å². The fourth-order valence-electron chi connectivity index (χ4n) is 4.70. The Morgan fingerprint density at radius 3 is 2.53 bits per heavy atom. The van der Waals surface area contributed by atoms with Gasteiger partial charge in [0, 0.05) is 22.3 Å². The van der Waals surface area contributed by atoms with Crippen LogP contribution in [0.15, 0.2) is 69.7 Å². The summed E-state index contributed by atoms with van der Waals surface area (Å²) in [6, 6.07) is 18.8. The third-order valence-corrected chi connectivity index (χ3v) is 7.01. The first kappa shape index (κ1) is 19.8. The van der Waals surface area contributed by atoms with Crippen molar-refractivity contribution < 1.29 is 4.42 Å². The number of hydrogen-bond donors (Lipinski definition) is 1. The summed E-state index contributed by atoms with van der Waals surface area (Å²) in [5.41, 5.74) is 2.06. The van der Waals surface area contributed by atoms with E-state index in [1.807, 2.05) is 30.5 Å². The molecule has 1 aliphatic heterocycles. The molecule has 3 aromatic rings. The van der Waals surface area contributed by atoms with Crippen molar-refractivity contribution in [3.05, 3.63) is 76.7 Å². The maximum absolute atomic E-state index is 6.43. The lowest BCUT2D eigenvalue weighted by Crippen LogP contribution is -2.40. The Bertz CT molecular complexity index is 1010. The van der Waals surface area contributed by atoms with Crippen LogP contribution in [0.25, 0.3) is 11.3 Å². The maximum Gasteiger partial charge on any atom is 0.170 e. The summed E-state index contributed by atoms with van der Waals surface area (Å²) < 4.78 is 7.49. The van der Waals surface area contributed by atoms with Crippen molar-refractivity contribution in [1.82, 2.24) is 15.2 Å². The average Bonchev–Trinajstić information content (AvgIpc) is 3.40. The number of thiocarbonyl (C=S) groups is 1. The van der Waals surface area contributed by atoms with Gasteiger partial charge in [-0.1, -0.05) is 53.4 Å². The van der Waals surface area contributed by atoms with Gasteiger partial charge in [-0.2, -0.15) is 0 Å². The smallest absolute Gasteiger partial charge is 0.170 e. The fraction of sp³-hybridized carbons (Fsp3) is 0.333. The predicted octanol–water partition coefficient (Wildman–Crippen LogP) is 6.41. The zero-order valence-electron chi connectivity index (χ0n) is 16.6. The zero-order chi connectivity index (χ0) is 20.5. The van der Waals surface area contributed by atoms with E-state index in [4.69, 9.17) is 16.6 Å². The van der Waals surface area contributed by atoms with Crippen molar-refractivity contribution >= 4 is 33.3 Å². The molecule has 30 heavy (non-hydrogen) atoms. The molecule has 4 nitrogen and oxygen atoms in total. The van der Waals surface area contributed by atoms with Crippen molar-refractivity contribution in [3.8, 4) is 11.3 Å². The Kier molecular flexibility index (Phi) is 5.61. The minimum absolute atomic E-state index is 0.000279. The van der Waals surface area contributed by atoms with Crippen LogP contribution in [0.3, 0.4) is 0 Å². The van der Waals surface area contributed by atoms with Gasteiger partial charge in [-0.05, 0) is 61.5 Å². The summed E-state index contributed by atoms with van der Waals surface area (Å²) in [5, 5.41) is 4.36. The van der Waals surface area contributed by atoms with Crippen LogP contribution in [0.2, 0.25) is 0 Å². The van der Waals surface area contributed by atoms with E-state index in [1.54, 1.807) is 0 Å². The number of furan rings is 1. The second-order valence-electron chi connectivity index (χ2n) is 8.03. The summed E-state index contributed by atoms with van der Waals surface area (Å²) in [7, 11) is 0. The van der Waals surface area contributed by atoms with Crippen LogP contribution in [0.4, 0.5) is 0 Å². The lowest BCUT2D eigenvalue weighted by atomic mass is 9.92. The summed E-state index contributed by atoms with van der Waals surface area (Å²) in [4.78, 5) is 7.02. The molecule has 5 rings (SSSR count). The van der Waals surface area contributed by atoms with E-state index in [1.165, 1.54) is 32.1 Å². The summed E-state index contributed by atoms with van der Waals surface area (Å²) in [5.74, 6) is 1.81. The van der Waals surface area contributed by atoms with Gasteiger partial charge in [0.15, 0.2) is 5.11 Å². The minimum Gasteiger partial charge on any atom is -0.459 e. The van der Waals surface area contributed by atoms with Gasteiger partial charge >= 0.3 is 0 Å². The van der Waals surface area contributed by atoms with Gasteiger partial charge in [0.1, 0.15) is 17.6 Å². The summed E-state index contributed by atoms with van der Waals surface area (Å²) in [6.07, 6.45) is 8.02. The van der Waals surface area contributed by atoms with Gasteiger partial charge in [0.2, 0.25) is 0 Å². The average molecular weight is 482 g/mol. The first-order valence-corrected chi connectivity index (χ1v) is 11.8. The van der Waals surface area contributed by atoms with Crippen LogP contribution in [-0.4, -0.2) is 21.0 Å². The number of pyridine rings is 1. The molecule has 154 valence electrons. The Balaban J connectivity index is 1.53. The fourth-order valence-corrected chi connectivity index (χ4v) is 5.36. The third-order valence-electron chi connectivity index (χ3n) is 6.15. The van der Waals surface area contributed by atoms with Gasteiger partial charge in [-0.15, -0.1) is 0 Å². The molecule has 1 N–H and O–H groups in total. The molecule has 6 heteroatoms. The number of halogens is 1. The third kappa shape index (κ3) is 3.79. The van der Waals surface area contributed by atoms with E-state index < -0.39 is 0 Å². The predicted molar refractivity (Wildman–Crippen MR) is 126 cm³/mol. The van der Waals surface area contributed by atoms with E-state index in [9.17, 15) is 0 Å². The van der Waals surface area contributed by atoms with Crippen molar-refractivity contribution in [1.29, 1.82) is 0 Å². The highest BCUT2D eigenvalue weighted by Crippen LogP contribution is 2.43. The Morgan fingerprint density at radius 2 is 1.80 bits per heavy atom. The number of nitrogens with one attached hydrogen (secondary N) is 1. The Hall–Kier alpha value is -2.18. The number of benzene rings is 1. The van der Waals surface area contributed by atoms with Crippen LogP contribution in [-0.2, 0) is 0 Å². The second-order valence-corrected chi connectivity index (χ2v) is 9.34. The topological polar surface area (TPSA) is 41.3 Å². The van der Waals surface area contributed by atoms with Gasteiger partial charge in [0.25, 0.3) is 0 Å². The molecule has 2 aromatic heterocycles.